The van der Waals surface area contributed by atoms with Crippen molar-refractivity contribution in [1.29, 1.82) is 0 Å². The molecule has 3 rings (SSSR count). The van der Waals surface area contributed by atoms with E-state index in [-0.39, 0.29) is 17.9 Å². The minimum atomic E-state index is -0.111. The van der Waals surface area contributed by atoms with Crippen molar-refractivity contribution in [3.8, 4) is 5.75 Å². The Labute approximate surface area is 154 Å². The molecule has 1 unspecified atom stereocenters. The molecule has 7 nitrogen and oxygen atoms in total. The molecule has 7 heteroatoms. The Morgan fingerprint density at radius 3 is 2.54 bits per heavy atom. The predicted octanol–water partition coefficient (Wildman–Crippen LogP) is 0.918. The first kappa shape index (κ1) is 18.7. The maximum Gasteiger partial charge on any atom is 0.238 e. The number of para-hydroxylation sites is 2. The lowest BCUT2D eigenvalue weighted by Gasteiger charge is -2.37. The van der Waals surface area contributed by atoms with E-state index in [1.54, 1.807) is 7.11 Å². The molecule has 0 bridgehead atoms. The number of ether oxygens (including phenoxy) is 1. The molecule has 1 aliphatic heterocycles. The Balaban J connectivity index is 1.43. The van der Waals surface area contributed by atoms with E-state index in [4.69, 9.17) is 4.74 Å². The number of carbonyl (C=O) groups excluding carboxylic acids is 2. The Hall–Kier alpha value is -2.12. The molecule has 0 aromatic heterocycles. The Morgan fingerprint density at radius 2 is 1.88 bits per heavy atom. The molecular formula is C19H28N4O3. The molecule has 2 fully saturated rings. The van der Waals surface area contributed by atoms with Crippen LogP contribution in [0.15, 0.2) is 24.3 Å². The number of hydrogen-bond acceptors (Lipinski definition) is 5. The highest BCUT2D eigenvalue weighted by Gasteiger charge is 2.30. The number of amides is 2. The third-order valence-electron chi connectivity index (χ3n) is 5.01. The second-order valence-corrected chi connectivity index (χ2v) is 7.02. The number of nitrogens with zero attached hydrogens (tertiary/aromatic N) is 2. The first-order chi connectivity index (χ1) is 12.6. The van der Waals surface area contributed by atoms with Crippen molar-refractivity contribution in [1.82, 2.24) is 15.1 Å². The van der Waals surface area contributed by atoms with Crippen molar-refractivity contribution >= 4 is 17.5 Å². The van der Waals surface area contributed by atoms with Gasteiger partial charge in [-0.25, -0.2) is 0 Å². The molecule has 2 amide bonds. The van der Waals surface area contributed by atoms with E-state index in [2.05, 4.69) is 20.4 Å². The molecule has 1 aromatic carbocycles. The summed E-state index contributed by atoms with van der Waals surface area (Å²) in [5.74, 6) is 0.721. The largest absolute Gasteiger partial charge is 0.495 e. The minimum absolute atomic E-state index is 0.0533. The summed E-state index contributed by atoms with van der Waals surface area (Å²) < 4.78 is 5.26. The lowest BCUT2D eigenvalue weighted by molar-refractivity contribution is -0.127. The second-order valence-electron chi connectivity index (χ2n) is 7.02. The van der Waals surface area contributed by atoms with E-state index in [1.807, 2.05) is 31.2 Å². The third-order valence-corrected chi connectivity index (χ3v) is 5.01. The molecule has 142 valence electrons. The van der Waals surface area contributed by atoms with Crippen LogP contribution in [0.1, 0.15) is 19.8 Å². The zero-order valence-electron chi connectivity index (χ0n) is 15.5. The van der Waals surface area contributed by atoms with Crippen molar-refractivity contribution in [3.63, 3.8) is 0 Å². The maximum absolute atomic E-state index is 12.3. The molecule has 1 atom stereocenters. The van der Waals surface area contributed by atoms with Crippen molar-refractivity contribution < 1.29 is 14.3 Å². The number of benzene rings is 1. The van der Waals surface area contributed by atoms with Gasteiger partial charge in [-0.1, -0.05) is 12.1 Å². The average Bonchev–Trinajstić information content (AvgIpc) is 3.46. The molecule has 1 aromatic rings. The van der Waals surface area contributed by atoms with Crippen LogP contribution in [0, 0.1) is 0 Å². The second kappa shape index (κ2) is 8.51. The Kier molecular flexibility index (Phi) is 6.11. The van der Waals surface area contributed by atoms with Gasteiger partial charge in [0.05, 0.1) is 25.4 Å². The molecule has 2 N–H and O–H groups in total. The fourth-order valence-corrected chi connectivity index (χ4v) is 3.16. The molecule has 1 heterocycles. The summed E-state index contributed by atoms with van der Waals surface area (Å²) in [4.78, 5) is 28.8. The summed E-state index contributed by atoms with van der Waals surface area (Å²) in [6.07, 6.45) is 2.21. The summed E-state index contributed by atoms with van der Waals surface area (Å²) in [5, 5.41) is 5.97. The highest BCUT2D eigenvalue weighted by Crippen LogP contribution is 2.23. The quantitative estimate of drug-likeness (QED) is 0.756. The molecule has 1 saturated carbocycles. The Morgan fingerprint density at radius 1 is 1.19 bits per heavy atom. The van der Waals surface area contributed by atoms with Crippen LogP contribution in [0.4, 0.5) is 5.69 Å². The van der Waals surface area contributed by atoms with Crippen LogP contribution in [0.5, 0.6) is 5.75 Å². The van der Waals surface area contributed by atoms with Gasteiger partial charge < -0.3 is 15.4 Å². The Bertz CT molecular complexity index is 639. The van der Waals surface area contributed by atoms with Crippen molar-refractivity contribution in [2.45, 2.75) is 31.8 Å². The summed E-state index contributed by atoms with van der Waals surface area (Å²) in [6.45, 7) is 5.44. The molecule has 26 heavy (non-hydrogen) atoms. The third kappa shape index (κ3) is 4.95. The van der Waals surface area contributed by atoms with E-state index in [0.29, 0.717) is 24.0 Å². The van der Waals surface area contributed by atoms with Crippen LogP contribution < -0.4 is 15.4 Å². The SMILES string of the molecule is COc1ccccc1NC(=O)CN1CCN(C(C)C(=O)NC2CC2)CC1. The van der Waals surface area contributed by atoms with Crippen molar-refractivity contribution in [3.05, 3.63) is 24.3 Å². The monoisotopic (exact) mass is 360 g/mol. The van der Waals surface area contributed by atoms with E-state index in [9.17, 15) is 9.59 Å². The van der Waals surface area contributed by atoms with Gasteiger partial charge in [-0.2, -0.15) is 0 Å². The number of hydrogen-bond donors (Lipinski definition) is 2. The maximum atomic E-state index is 12.3. The van der Waals surface area contributed by atoms with Crippen LogP contribution in [0.2, 0.25) is 0 Å². The zero-order valence-corrected chi connectivity index (χ0v) is 15.5. The molecule has 0 radical (unpaired) electrons. The number of methoxy groups -OCH3 is 1. The van der Waals surface area contributed by atoms with E-state index in [1.165, 1.54) is 0 Å². The first-order valence-corrected chi connectivity index (χ1v) is 9.26. The van der Waals surface area contributed by atoms with Crippen LogP contribution in [0.3, 0.4) is 0 Å². The number of carbonyl (C=O) groups is 2. The van der Waals surface area contributed by atoms with Gasteiger partial charge in [-0.15, -0.1) is 0 Å². The molecule has 2 aliphatic rings. The van der Waals surface area contributed by atoms with Gasteiger partial charge in [-0.3, -0.25) is 19.4 Å². The summed E-state index contributed by atoms with van der Waals surface area (Å²) in [6, 6.07) is 7.67. The average molecular weight is 360 g/mol. The van der Waals surface area contributed by atoms with Gasteiger partial charge in [0.1, 0.15) is 5.75 Å². The summed E-state index contributed by atoms with van der Waals surface area (Å²) >= 11 is 0. The van der Waals surface area contributed by atoms with Crippen molar-refractivity contribution in [2.75, 3.05) is 45.2 Å². The van der Waals surface area contributed by atoms with Crippen molar-refractivity contribution in [2.24, 2.45) is 0 Å². The number of piperazine rings is 1. The van der Waals surface area contributed by atoms with Crippen LogP contribution in [0.25, 0.3) is 0 Å². The lowest BCUT2D eigenvalue weighted by Crippen LogP contribution is -2.55. The van der Waals surface area contributed by atoms with Crippen LogP contribution in [-0.4, -0.2) is 73.5 Å². The van der Waals surface area contributed by atoms with Crippen LogP contribution in [-0.2, 0) is 9.59 Å². The van der Waals surface area contributed by atoms with Gasteiger partial charge in [0.2, 0.25) is 11.8 Å². The van der Waals surface area contributed by atoms with Gasteiger partial charge >= 0.3 is 0 Å². The number of rotatable bonds is 7. The van der Waals surface area contributed by atoms with Gasteiger partial charge in [0.25, 0.3) is 0 Å². The smallest absolute Gasteiger partial charge is 0.238 e. The van der Waals surface area contributed by atoms with E-state index in [0.717, 1.165) is 39.0 Å². The molecular weight excluding hydrogens is 332 g/mol. The van der Waals surface area contributed by atoms with E-state index < -0.39 is 0 Å². The summed E-state index contributed by atoms with van der Waals surface area (Å²) in [5.41, 5.74) is 0.684. The van der Waals surface area contributed by atoms with Crippen LogP contribution >= 0.6 is 0 Å². The number of anilines is 1. The normalized spacial score (nSPS) is 19.6. The molecule has 0 spiro atoms. The molecule has 1 saturated heterocycles. The lowest BCUT2D eigenvalue weighted by atomic mass is 10.2. The van der Waals surface area contributed by atoms with Gasteiger partial charge in [0, 0.05) is 32.2 Å². The molecule has 1 aliphatic carbocycles. The predicted molar refractivity (Wildman–Crippen MR) is 100 cm³/mol. The number of nitrogens with one attached hydrogen (secondary N) is 2. The van der Waals surface area contributed by atoms with E-state index >= 15 is 0 Å². The highest BCUT2D eigenvalue weighted by molar-refractivity contribution is 5.93. The first-order valence-electron chi connectivity index (χ1n) is 9.26. The highest BCUT2D eigenvalue weighted by atomic mass is 16.5. The fourth-order valence-electron chi connectivity index (χ4n) is 3.16. The topological polar surface area (TPSA) is 73.9 Å². The zero-order chi connectivity index (χ0) is 18.5. The van der Waals surface area contributed by atoms with Gasteiger partial charge in [-0.05, 0) is 31.9 Å². The minimum Gasteiger partial charge on any atom is -0.495 e. The van der Waals surface area contributed by atoms with Gasteiger partial charge in [0.15, 0.2) is 0 Å². The summed E-state index contributed by atoms with van der Waals surface area (Å²) in [7, 11) is 1.59. The standard InChI is InChI=1S/C19H28N4O3/c1-14(19(25)20-15-7-8-15)23-11-9-22(10-12-23)13-18(24)21-16-5-3-4-6-17(16)26-2/h3-6,14-15H,7-13H2,1-2H3,(H,20,25)(H,21,24). The fraction of sp³-hybridized carbons (Fsp3) is 0.579.